The zero-order valence-electron chi connectivity index (χ0n) is 11.7. The fraction of sp³-hybridized carbons (Fsp3) is 0.250. The number of ether oxygens (including phenoxy) is 1. The zero-order valence-corrected chi connectivity index (χ0v) is 14.1. The van der Waals surface area contributed by atoms with Gasteiger partial charge in [0.15, 0.2) is 0 Å². The van der Waals surface area contributed by atoms with Gasteiger partial charge < -0.3 is 4.74 Å². The lowest BCUT2D eigenvalue weighted by Crippen LogP contribution is -2.06. The average molecular weight is 361 g/mol. The topological polar surface area (TPSA) is 26.3 Å². The number of halogens is 3. The standard InChI is InChI=1S/C16H15Cl2FO2S/c17-13-3-2-12(16(18)10-13)11-22(20)9-1-8-21-15-6-4-14(19)5-7-15/h2-7,10H,1,8-9,11H2. The highest BCUT2D eigenvalue weighted by molar-refractivity contribution is 7.84. The van der Waals surface area contributed by atoms with Gasteiger partial charge in [-0.25, -0.2) is 4.39 Å². The monoisotopic (exact) mass is 360 g/mol. The molecule has 0 amide bonds. The number of hydrogen-bond acceptors (Lipinski definition) is 2. The van der Waals surface area contributed by atoms with Crippen molar-refractivity contribution in [1.29, 1.82) is 0 Å². The van der Waals surface area contributed by atoms with Gasteiger partial charge in [0.05, 0.1) is 6.61 Å². The predicted octanol–water partition coefficient (Wildman–Crippen LogP) is 4.85. The average Bonchev–Trinajstić information content (AvgIpc) is 2.48. The highest BCUT2D eigenvalue weighted by Crippen LogP contribution is 2.22. The van der Waals surface area contributed by atoms with Crippen molar-refractivity contribution in [3.63, 3.8) is 0 Å². The van der Waals surface area contributed by atoms with E-state index in [4.69, 9.17) is 27.9 Å². The molecule has 0 heterocycles. The van der Waals surface area contributed by atoms with Gasteiger partial charge in [0.1, 0.15) is 11.6 Å². The lowest BCUT2D eigenvalue weighted by Gasteiger charge is -2.07. The Balaban J connectivity index is 1.72. The van der Waals surface area contributed by atoms with Crippen LogP contribution in [0.4, 0.5) is 4.39 Å². The van der Waals surface area contributed by atoms with Crippen molar-refractivity contribution >= 4 is 34.0 Å². The Morgan fingerprint density at radius 1 is 1.09 bits per heavy atom. The van der Waals surface area contributed by atoms with Crippen LogP contribution in [0.25, 0.3) is 0 Å². The lowest BCUT2D eigenvalue weighted by atomic mass is 10.2. The quantitative estimate of drug-likeness (QED) is 0.659. The zero-order chi connectivity index (χ0) is 15.9. The molecule has 0 aliphatic rings. The number of rotatable bonds is 7. The molecule has 6 heteroatoms. The van der Waals surface area contributed by atoms with Gasteiger partial charge in [-0.15, -0.1) is 0 Å². The molecule has 0 N–H and O–H groups in total. The molecule has 0 spiro atoms. The molecule has 0 radical (unpaired) electrons. The first-order valence-electron chi connectivity index (χ1n) is 6.72. The minimum absolute atomic E-state index is 0.298. The maximum Gasteiger partial charge on any atom is 0.123 e. The van der Waals surface area contributed by atoms with Crippen molar-refractivity contribution in [3.05, 3.63) is 63.9 Å². The third-order valence-corrected chi connectivity index (χ3v) is 4.89. The van der Waals surface area contributed by atoms with E-state index in [1.165, 1.54) is 12.1 Å². The molecule has 2 aromatic carbocycles. The summed E-state index contributed by atoms with van der Waals surface area (Å²) < 4.78 is 30.2. The Labute approximate surface area is 141 Å². The van der Waals surface area contributed by atoms with Crippen molar-refractivity contribution in [2.24, 2.45) is 0 Å². The van der Waals surface area contributed by atoms with Crippen LogP contribution in [0.1, 0.15) is 12.0 Å². The summed E-state index contributed by atoms with van der Waals surface area (Å²) in [5.41, 5.74) is 0.823. The maximum atomic E-state index is 12.7. The first-order valence-corrected chi connectivity index (χ1v) is 8.96. The molecular formula is C16H15Cl2FO2S. The normalized spacial score (nSPS) is 12.1. The molecule has 2 aromatic rings. The van der Waals surface area contributed by atoms with E-state index in [0.29, 0.717) is 40.3 Å². The minimum atomic E-state index is -1.02. The molecule has 0 saturated carbocycles. The van der Waals surface area contributed by atoms with Gasteiger partial charge >= 0.3 is 0 Å². The molecule has 118 valence electrons. The summed E-state index contributed by atoms with van der Waals surface area (Å²) >= 11 is 11.9. The van der Waals surface area contributed by atoms with Crippen molar-refractivity contribution in [2.75, 3.05) is 12.4 Å². The maximum absolute atomic E-state index is 12.7. The van der Waals surface area contributed by atoms with Crippen molar-refractivity contribution in [2.45, 2.75) is 12.2 Å². The molecule has 0 aliphatic heterocycles. The number of benzene rings is 2. The van der Waals surface area contributed by atoms with Gasteiger partial charge in [-0.1, -0.05) is 29.3 Å². The molecule has 0 aliphatic carbocycles. The highest BCUT2D eigenvalue weighted by atomic mass is 35.5. The van der Waals surface area contributed by atoms with E-state index < -0.39 is 10.8 Å². The molecular weight excluding hydrogens is 346 g/mol. The highest BCUT2D eigenvalue weighted by Gasteiger charge is 2.06. The van der Waals surface area contributed by atoms with E-state index in [-0.39, 0.29) is 5.82 Å². The summed E-state index contributed by atoms with van der Waals surface area (Å²) in [7, 11) is -1.02. The lowest BCUT2D eigenvalue weighted by molar-refractivity contribution is 0.318. The molecule has 0 bridgehead atoms. The SMILES string of the molecule is O=S(CCCOc1ccc(F)cc1)Cc1ccc(Cl)cc1Cl. The van der Waals surface area contributed by atoms with E-state index in [1.807, 2.05) is 0 Å². The second-order valence-corrected chi connectivity index (χ2v) is 7.10. The van der Waals surface area contributed by atoms with E-state index in [0.717, 1.165) is 5.56 Å². The summed E-state index contributed by atoms with van der Waals surface area (Å²) in [4.78, 5) is 0. The first-order chi connectivity index (χ1) is 10.5. The Bertz CT molecular complexity index is 647. The van der Waals surface area contributed by atoms with E-state index in [1.54, 1.807) is 30.3 Å². The molecule has 0 fully saturated rings. The summed E-state index contributed by atoms with van der Waals surface area (Å²) in [6.45, 7) is 0.436. The fourth-order valence-electron chi connectivity index (χ4n) is 1.83. The van der Waals surface area contributed by atoms with Crippen molar-refractivity contribution in [1.82, 2.24) is 0 Å². The van der Waals surface area contributed by atoms with Crippen LogP contribution in [-0.2, 0) is 16.6 Å². The van der Waals surface area contributed by atoms with Crippen LogP contribution in [0.15, 0.2) is 42.5 Å². The Morgan fingerprint density at radius 3 is 2.50 bits per heavy atom. The summed E-state index contributed by atoms with van der Waals surface area (Å²) in [5, 5.41) is 1.09. The second-order valence-electron chi connectivity index (χ2n) is 4.68. The Morgan fingerprint density at radius 2 is 1.82 bits per heavy atom. The second kappa shape index (κ2) is 8.51. The summed E-state index contributed by atoms with van der Waals surface area (Å²) in [6, 6.07) is 11.0. The minimum Gasteiger partial charge on any atom is -0.494 e. The Kier molecular flexibility index (Phi) is 6.68. The van der Waals surface area contributed by atoms with Gasteiger partial charge in [-0.05, 0) is 48.4 Å². The molecule has 0 saturated heterocycles. The molecule has 22 heavy (non-hydrogen) atoms. The van der Waals surface area contributed by atoms with Crippen LogP contribution in [0.3, 0.4) is 0 Å². The first kappa shape index (κ1) is 17.3. The van der Waals surface area contributed by atoms with Crippen molar-refractivity contribution < 1.29 is 13.3 Å². The third kappa shape index (κ3) is 5.59. The van der Waals surface area contributed by atoms with Gasteiger partial charge in [0.25, 0.3) is 0 Å². The van der Waals surface area contributed by atoms with E-state index >= 15 is 0 Å². The predicted molar refractivity (Wildman–Crippen MR) is 89.7 cm³/mol. The van der Waals surface area contributed by atoms with Gasteiger partial charge in [-0.2, -0.15) is 0 Å². The van der Waals surface area contributed by atoms with Crippen LogP contribution in [-0.4, -0.2) is 16.6 Å². The molecule has 2 rings (SSSR count). The molecule has 0 aromatic heterocycles. The Hall–Kier alpha value is -1.10. The summed E-state index contributed by atoms with van der Waals surface area (Å²) in [5.74, 6) is 1.22. The van der Waals surface area contributed by atoms with E-state index in [2.05, 4.69) is 0 Å². The summed E-state index contributed by atoms with van der Waals surface area (Å²) in [6.07, 6.45) is 0.648. The van der Waals surface area contributed by atoms with Crippen LogP contribution in [0.2, 0.25) is 10.0 Å². The molecule has 1 unspecified atom stereocenters. The van der Waals surface area contributed by atoms with Gasteiger partial charge in [0.2, 0.25) is 0 Å². The third-order valence-electron chi connectivity index (χ3n) is 2.93. The van der Waals surface area contributed by atoms with Crippen LogP contribution in [0.5, 0.6) is 5.75 Å². The van der Waals surface area contributed by atoms with Crippen LogP contribution < -0.4 is 4.74 Å². The fourth-order valence-corrected chi connectivity index (χ4v) is 3.56. The van der Waals surface area contributed by atoms with E-state index in [9.17, 15) is 8.60 Å². The van der Waals surface area contributed by atoms with Crippen LogP contribution in [0, 0.1) is 5.82 Å². The largest absolute Gasteiger partial charge is 0.494 e. The van der Waals surface area contributed by atoms with Crippen molar-refractivity contribution in [3.8, 4) is 5.75 Å². The van der Waals surface area contributed by atoms with Crippen LogP contribution >= 0.6 is 23.2 Å². The van der Waals surface area contributed by atoms with Gasteiger partial charge in [-0.3, -0.25) is 4.21 Å². The smallest absolute Gasteiger partial charge is 0.123 e. The number of hydrogen-bond donors (Lipinski definition) is 0. The molecule has 2 nitrogen and oxygen atoms in total. The van der Waals surface area contributed by atoms with Gasteiger partial charge in [0, 0.05) is 32.4 Å². The molecule has 1 atom stereocenters.